The summed E-state index contributed by atoms with van der Waals surface area (Å²) in [5, 5.41) is 13.9. The second-order valence-electron chi connectivity index (χ2n) is 7.38. The normalized spacial score (nSPS) is 16.7. The Bertz CT molecular complexity index is 839. The molecule has 1 fully saturated rings. The Labute approximate surface area is 159 Å². The van der Waals surface area contributed by atoms with E-state index in [1.54, 1.807) is 0 Å². The Morgan fingerprint density at radius 1 is 1.19 bits per heavy atom. The lowest BCUT2D eigenvalue weighted by Crippen LogP contribution is -2.40. The second kappa shape index (κ2) is 7.94. The van der Waals surface area contributed by atoms with Gasteiger partial charge in [0.1, 0.15) is 6.04 Å². The predicted octanol–water partition coefficient (Wildman–Crippen LogP) is 2.86. The third-order valence-electron chi connectivity index (χ3n) is 5.43. The molecule has 144 valence electrons. The van der Waals surface area contributed by atoms with E-state index in [4.69, 9.17) is 0 Å². The number of amides is 1. The zero-order valence-corrected chi connectivity index (χ0v) is 16.2. The molecule has 1 saturated heterocycles. The Morgan fingerprint density at radius 2 is 1.89 bits per heavy atom. The maximum Gasteiger partial charge on any atom is 0.326 e. The third-order valence-corrected chi connectivity index (χ3v) is 5.43. The van der Waals surface area contributed by atoms with Crippen LogP contribution < -0.4 is 0 Å². The van der Waals surface area contributed by atoms with Gasteiger partial charge in [0.05, 0.1) is 12.2 Å². The van der Waals surface area contributed by atoms with Crippen molar-refractivity contribution < 1.29 is 14.7 Å². The van der Waals surface area contributed by atoms with Crippen molar-refractivity contribution in [2.24, 2.45) is 0 Å². The van der Waals surface area contributed by atoms with Crippen LogP contribution in [0, 0.1) is 20.8 Å². The molecule has 6 heteroatoms. The molecule has 0 aliphatic carbocycles. The number of carboxylic acid groups (broad SMARTS) is 1. The molecule has 1 aromatic heterocycles. The highest BCUT2D eigenvalue weighted by atomic mass is 16.4. The number of nitrogens with zero attached hydrogens (tertiary/aromatic N) is 3. The van der Waals surface area contributed by atoms with Gasteiger partial charge in [0.2, 0.25) is 5.91 Å². The molecule has 1 aromatic carbocycles. The molecule has 27 heavy (non-hydrogen) atoms. The van der Waals surface area contributed by atoms with Crippen LogP contribution in [0.2, 0.25) is 0 Å². The lowest BCUT2D eigenvalue weighted by atomic mass is 10.1. The Hall–Kier alpha value is -2.63. The average Bonchev–Trinajstić information content (AvgIpc) is 3.21. The predicted molar refractivity (Wildman–Crippen MR) is 103 cm³/mol. The van der Waals surface area contributed by atoms with E-state index >= 15 is 0 Å². The molecule has 0 unspecified atom stereocenters. The standard InChI is InChI=1S/C21H27N3O3/c1-14-6-8-17(9-7-14)13-24-16(3)18(15(2)22-24)10-11-20(25)23-12-4-5-19(23)21(26)27/h6-9,19H,4-5,10-13H2,1-3H3,(H,26,27)/t19-/m1/s1. The van der Waals surface area contributed by atoms with E-state index in [-0.39, 0.29) is 5.91 Å². The molecule has 0 saturated carbocycles. The summed E-state index contributed by atoms with van der Waals surface area (Å²) in [6.45, 7) is 7.31. The number of hydrogen-bond donors (Lipinski definition) is 1. The van der Waals surface area contributed by atoms with Crippen molar-refractivity contribution >= 4 is 11.9 Å². The van der Waals surface area contributed by atoms with E-state index in [0.717, 1.165) is 23.4 Å². The summed E-state index contributed by atoms with van der Waals surface area (Å²) >= 11 is 0. The maximum atomic E-state index is 12.5. The number of hydrogen-bond acceptors (Lipinski definition) is 3. The Balaban J connectivity index is 1.67. The fourth-order valence-electron chi connectivity index (χ4n) is 3.81. The van der Waals surface area contributed by atoms with Gasteiger partial charge >= 0.3 is 5.97 Å². The monoisotopic (exact) mass is 369 g/mol. The van der Waals surface area contributed by atoms with Crippen molar-refractivity contribution in [2.45, 2.75) is 59.0 Å². The molecule has 0 spiro atoms. The van der Waals surface area contributed by atoms with Gasteiger partial charge in [0.25, 0.3) is 0 Å². The highest BCUT2D eigenvalue weighted by Crippen LogP contribution is 2.21. The topological polar surface area (TPSA) is 75.4 Å². The summed E-state index contributed by atoms with van der Waals surface area (Å²) < 4.78 is 1.98. The summed E-state index contributed by atoms with van der Waals surface area (Å²) in [5.41, 5.74) is 5.50. The van der Waals surface area contributed by atoms with E-state index in [0.29, 0.717) is 32.4 Å². The number of carboxylic acids is 1. The van der Waals surface area contributed by atoms with Gasteiger partial charge in [-0.05, 0) is 51.2 Å². The van der Waals surface area contributed by atoms with Gasteiger partial charge in [0, 0.05) is 18.7 Å². The van der Waals surface area contributed by atoms with E-state index in [1.165, 1.54) is 16.0 Å². The SMILES string of the molecule is Cc1ccc(Cn2nc(C)c(CCC(=O)N3CCC[C@@H]3C(=O)O)c2C)cc1. The van der Waals surface area contributed by atoms with E-state index in [2.05, 4.69) is 36.3 Å². The first-order valence-corrected chi connectivity index (χ1v) is 9.47. The van der Waals surface area contributed by atoms with Crippen molar-refractivity contribution in [2.75, 3.05) is 6.54 Å². The Kier molecular flexibility index (Phi) is 5.63. The van der Waals surface area contributed by atoms with Gasteiger partial charge in [-0.1, -0.05) is 29.8 Å². The summed E-state index contributed by atoms with van der Waals surface area (Å²) in [4.78, 5) is 25.3. The van der Waals surface area contributed by atoms with Crippen molar-refractivity contribution in [3.8, 4) is 0 Å². The Morgan fingerprint density at radius 3 is 2.56 bits per heavy atom. The molecule has 1 aliphatic heterocycles. The second-order valence-corrected chi connectivity index (χ2v) is 7.38. The lowest BCUT2D eigenvalue weighted by Gasteiger charge is -2.21. The zero-order chi connectivity index (χ0) is 19.6. The van der Waals surface area contributed by atoms with Crippen LogP contribution in [0.4, 0.5) is 0 Å². The van der Waals surface area contributed by atoms with Gasteiger partial charge in [-0.3, -0.25) is 9.48 Å². The minimum atomic E-state index is -0.904. The highest BCUT2D eigenvalue weighted by molar-refractivity contribution is 5.84. The number of likely N-dealkylation sites (tertiary alicyclic amines) is 1. The summed E-state index contributed by atoms with van der Waals surface area (Å²) in [6.07, 6.45) is 2.22. The van der Waals surface area contributed by atoms with Crippen LogP contribution in [-0.4, -0.2) is 44.3 Å². The van der Waals surface area contributed by atoms with Crippen LogP contribution in [0.25, 0.3) is 0 Å². The molecule has 6 nitrogen and oxygen atoms in total. The first-order chi connectivity index (χ1) is 12.9. The molecule has 2 aromatic rings. The molecule has 0 bridgehead atoms. The molecule has 1 atom stereocenters. The molecule has 1 amide bonds. The van der Waals surface area contributed by atoms with Gasteiger partial charge in [0.15, 0.2) is 0 Å². The van der Waals surface area contributed by atoms with Gasteiger partial charge < -0.3 is 10.0 Å². The first-order valence-electron chi connectivity index (χ1n) is 9.47. The minimum Gasteiger partial charge on any atom is -0.480 e. The molecule has 1 N–H and O–H groups in total. The quantitative estimate of drug-likeness (QED) is 0.850. The number of aliphatic carboxylic acids is 1. The van der Waals surface area contributed by atoms with E-state index < -0.39 is 12.0 Å². The zero-order valence-electron chi connectivity index (χ0n) is 16.2. The van der Waals surface area contributed by atoms with Gasteiger partial charge in [-0.25, -0.2) is 4.79 Å². The van der Waals surface area contributed by atoms with Crippen LogP contribution in [0.1, 0.15) is 47.3 Å². The van der Waals surface area contributed by atoms with Crippen molar-refractivity contribution in [3.05, 3.63) is 52.3 Å². The van der Waals surface area contributed by atoms with E-state index in [1.807, 2.05) is 18.5 Å². The maximum absolute atomic E-state index is 12.5. The fraction of sp³-hybridized carbons (Fsp3) is 0.476. The van der Waals surface area contributed by atoms with Crippen molar-refractivity contribution in [1.29, 1.82) is 0 Å². The summed E-state index contributed by atoms with van der Waals surface area (Å²) in [7, 11) is 0. The van der Waals surface area contributed by atoms with Crippen LogP contribution >= 0.6 is 0 Å². The average molecular weight is 369 g/mol. The van der Waals surface area contributed by atoms with Crippen LogP contribution in [0.5, 0.6) is 0 Å². The first kappa shape index (κ1) is 19.1. The number of carbonyl (C=O) groups is 2. The van der Waals surface area contributed by atoms with Crippen molar-refractivity contribution in [1.82, 2.24) is 14.7 Å². The summed E-state index contributed by atoms with van der Waals surface area (Å²) in [5.74, 6) is -0.982. The van der Waals surface area contributed by atoms with Gasteiger partial charge in [-0.15, -0.1) is 0 Å². The number of aromatic nitrogens is 2. The minimum absolute atomic E-state index is 0.0787. The number of rotatable bonds is 6. The summed E-state index contributed by atoms with van der Waals surface area (Å²) in [6, 6.07) is 7.73. The van der Waals surface area contributed by atoms with Crippen LogP contribution in [0.3, 0.4) is 0 Å². The number of aryl methyl sites for hydroxylation is 2. The van der Waals surface area contributed by atoms with E-state index in [9.17, 15) is 14.7 Å². The molecular formula is C21H27N3O3. The molecular weight excluding hydrogens is 342 g/mol. The van der Waals surface area contributed by atoms with Crippen molar-refractivity contribution in [3.63, 3.8) is 0 Å². The number of carbonyl (C=O) groups excluding carboxylic acids is 1. The lowest BCUT2D eigenvalue weighted by molar-refractivity contribution is -0.148. The van der Waals surface area contributed by atoms with Crippen LogP contribution in [0.15, 0.2) is 24.3 Å². The fourth-order valence-corrected chi connectivity index (χ4v) is 3.81. The van der Waals surface area contributed by atoms with Crippen LogP contribution in [-0.2, 0) is 22.6 Å². The molecule has 0 radical (unpaired) electrons. The largest absolute Gasteiger partial charge is 0.480 e. The third kappa shape index (κ3) is 4.21. The molecule has 3 rings (SSSR count). The number of benzene rings is 1. The molecule has 1 aliphatic rings. The van der Waals surface area contributed by atoms with Gasteiger partial charge in [-0.2, -0.15) is 5.10 Å². The molecule has 2 heterocycles. The highest BCUT2D eigenvalue weighted by Gasteiger charge is 2.33. The smallest absolute Gasteiger partial charge is 0.326 e.